The molecule has 0 N–H and O–H groups in total. The fraction of sp³-hybridized carbons (Fsp3) is 0.0667. The van der Waals surface area contributed by atoms with E-state index in [0.717, 1.165) is 5.56 Å². The van der Waals surface area contributed by atoms with Crippen LogP contribution >= 0.6 is 11.6 Å². The summed E-state index contributed by atoms with van der Waals surface area (Å²) in [5.41, 5.74) is 2.50. The number of hydrogen-bond acceptors (Lipinski definition) is 3. The standard InChI is InChI=1S/C15H12ClN3O/c1-20-15-12(8-7-11-5-3-2-4-6-11)17-14-10-9-13(16)18-19(14)15/h2-10H,1H3/b8-7+. The van der Waals surface area contributed by atoms with Gasteiger partial charge in [-0.1, -0.05) is 48.0 Å². The van der Waals surface area contributed by atoms with E-state index in [-0.39, 0.29) is 0 Å². The number of methoxy groups -OCH3 is 1. The zero-order chi connectivity index (χ0) is 13.9. The van der Waals surface area contributed by atoms with Crippen molar-refractivity contribution < 1.29 is 4.74 Å². The molecule has 0 atom stereocenters. The summed E-state index contributed by atoms with van der Waals surface area (Å²) < 4.78 is 6.96. The van der Waals surface area contributed by atoms with Crippen LogP contribution in [-0.2, 0) is 0 Å². The van der Waals surface area contributed by atoms with Crippen molar-refractivity contribution in [2.24, 2.45) is 0 Å². The number of imidazole rings is 1. The molecule has 0 unspecified atom stereocenters. The Morgan fingerprint density at radius 1 is 1.10 bits per heavy atom. The Morgan fingerprint density at radius 3 is 2.65 bits per heavy atom. The Balaban J connectivity index is 2.05. The van der Waals surface area contributed by atoms with E-state index in [1.54, 1.807) is 23.8 Å². The maximum Gasteiger partial charge on any atom is 0.242 e. The van der Waals surface area contributed by atoms with E-state index in [1.165, 1.54) is 0 Å². The number of rotatable bonds is 3. The minimum absolute atomic E-state index is 0.395. The smallest absolute Gasteiger partial charge is 0.242 e. The van der Waals surface area contributed by atoms with Gasteiger partial charge in [-0.2, -0.15) is 9.61 Å². The predicted molar refractivity (Wildman–Crippen MR) is 79.9 cm³/mol. The highest BCUT2D eigenvalue weighted by Gasteiger charge is 2.11. The molecule has 0 spiro atoms. The van der Waals surface area contributed by atoms with Gasteiger partial charge >= 0.3 is 0 Å². The summed E-state index contributed by atoms with van der Waals surface area (Å²) in [5.74, 6) is 0.565. The maximum absolute atomic E-state index is 5.90. The Hall–Kier alpha value is -2.33. The van der Waals surface area contributed by atoms with E-state index in [4.69, 9.17) is 16.3 Å². The van der Waals surface area contributed by atoms with Crippen LogP contribution in [0, 0.1) is 0 Å². The number of benzene rings is 1. The predicted octanol–water partition coefficient (Wildman–Crippen LogP) is 3.56. The van der Waals surface area contributed by atoms with E-state index in [0.29, 0.717) is 22.4 Å². The molecule has 0 radical (unpaired) electrons. The van der Waals surface area contributed by atoms with Gasteiger partial charge in [0.05, 0.1) is 7.11 Å². The van der Waals surface area contributed by atoms with Crippen LogP contribution in [0.15, 0.2) is 42.5 Å². The molecule has 0 aliphatic carbocycles. The molecule has 100 valence electrons. The molecule has 0 saturated heterocycles. The van der Waals surface area contributed by atoms with Crippen LogP contribution in [-0.4, -0.2) is 21.7 Å². The summed E-state index contributed by atoms with van der Waals surface area (Å²) in [5, 5.41) is 4.58. The Morgan fingerprint density at radius 2 is 1.90 bits per heavy atom. The van der Waals surface area contributed by atoms with Gasteiger partial charge in [0, 0.05) is 0 Å². The number of hydrogen-bond donors (Lipinski definition) is 0. The molecule has 2 aromatic heterocycles. The second-order valence-corrected chi connectivity index (χ2v) is 4.56. The summed E-state index contributed by atoms with van der Waals surface area (Å²) in [6.07, 6.45) is 3.88. The molecule has 5 heteroatoms. The van der Waals surface area contributed by atoms with Crippen LogP contribution < -0.4 is 4.74 Å². The molecular weight excluding hydrogens is 274 g/mol. The Bertz CT molecular complexity index is 765. The van der Waals surface area contributed by atoms with Gasteiger partial charge in [0.2, 0.25) is 5.88 Å². The third-order valence-electron chi connectivity index (χ3n) is 2.86. The van der Waals surface area contributed by atoms with Gasteiger partial charge in [0.1, 0.15) is 10.8 Å². The quantitative estimate of drug-likeness (QED) is 0.738. The molecule has 0 bridgehead atoms. The van der Waals surface area contributed by atoms with Crippen LogP contribution in [0.1, 0.15) is 11.3 Å². The third-order valence-corrected chi connectivity index (χ3v) is 3.06. The minimum Gasteiger partial charge on any atom is -0.479 e. The van der Waals surface area contributed by atoms with Gasteiger partial charge < -0.3 is 4.74 Å². The first-order chi connectivity index (χ1) is 9.78. The molecule has 4 nitrogen and oxygen atoms in total. The molecule has 20 heavy (non-hydrogen) atoms. The van der Waals surface area contributed by atoms with E-state index in [2.05, 4.69) is 10.1 Å². The van der Waals surface area contributed by atoms with Crippen molar-refractivity contribution in [3.05, 3.63) is 58.9 Å². The van der Waals surface area contributed by atoms with Crippen LogP contribution in [0.25, 0.3) is 17.8 Å². The maximum atomic E-state index is 5.90. The molecule has 0 fully saturated rings. The van der Waals surface area contributed by atoms with Crippen molar-refractivity contribution in [1.82, 2.24) is 14.6 Å². The summed E-state index contributed by atoms with van der Waals surface area (Å²) in [6, 6.07) is 13.5. The van der Waals surface area contributed by atoms with Gasteiger partial charge in [-0.25, -0.2) is 4.98 Å². The van der Waals surface area contributed by atoms with E-state index >= 15 is 0 Å². The van der Waals surface area contributed by atoms with E-state index < -0.39 is 0 Å². The number of fused-ring (bicyclic) bond motifs is 1. The first-order valence-corrected chi connectivity index (χ1v) is 6.48. The van der Waals surface area contributed by atoms with Gasteiger partial charge in [0.25, 0.3) is 0 Å². The molecule has 3 aromatic rings. The van der Waals surface area contributed by atoms with Gasteiger partial charge in [-0.3, -0.25) is 0 Å². The Labute approximate surface area is 121 Å². The monoisotopic (exact) mass is 285 g/mol. The highest BCUT2D eigenvalue weighted by atomic mass is 35.5. The average Bonchev–Trinajstić information content (AvgIpc) is 2.83. The van der Waals surface area contributed by atoms with E-state index in [1.807, 2.05) is 42.5 Å². The lowest BCUT2D eigenvalue weighted by Crippen LogP contribution is -1.95. The van der Waals surface area contributed by atoms with Crippen LogP contribution in [0.4, 0.5) is 0 Å². The van der Waals surface area contributed by atoms with E-state index in [9.17, 15) is 0 Å². The van der Waals surface area contributed by atoms with Crippen LogP contribution in [0.2, 0.25) is 5.15 Å². The van der Waals surface area contributed by atoms with Crippen molar-refractivity contribution in [2.75, 3.05) is 7.11 Å². The second-order valence-electron chi connectivity index (χ2n) is 4.18. The van der Waals surface area contributed by atoms with Crippen LogP contribution in [0.3, 0.4) is 0 Å². The third kappa shape index (κ3) is 2.38. The Kier molecular flexibility index (Phi) is 3.39. The summed E-state index contributed by atoms with van der Waals surface area (Å²) in [7, 11) is 1.59. The average molecular weight is 286 g/mol. The first kappa shape index (κ1) is 12.7. The number of halogens is 1. The molecule has 1 aromatic carbocycles. The lowest BCUT2D eigenvalue weighted by Gasteiger charge is -1.99. The van der Waals surface area contributed by atoms with Crippen molar-refractivity contribution in [2.45, 2.75) is 0 Å². The van der Waals surface area contributed by atoms with Crippen molar-refractivity contribution in [1.29, 1.82) is 0 Å². The summed E-state index contributed by atoms with van der Waals surface area (Å²) >= 11 is 5.90. The molecule has 0 amide bonds. The molecule has 0 saturated carbocycles. The highest BCUT2D eigenvalue weighted by Crippen LogP contribution is 2.22. The van der Waals surface area contributed by atoms with Gasteiger partial charge in [-0.15, -0.1) is 0 Å². The number of nitrogens with zero attached hydrogens (tertiary/aromatic N) is 3. The lowest BCUT2D eigenvalue weighted by molar-refractivity contribution is 0.386. The van der Waals surface area contributed by atoms with Gasteiger partial charge in [0.15, 0.2) is 5.65 Å². The largest absolute Gasteiger partial charge is 0.479 e. The number of ether oxygens (including phenoxy) is 1. The zero-order valence-corrected chi connectivity index (χ0v) is 11.6. The van der Waals surface area contributed by atoms with Crippen molar-refractivity contribution in [3.63, 3.8) is 0 Å². The molecule has 3 rings (SSSR count). The highest BCUT2D eigenvalue weighted by molar-refractivity contribution is 6.29. The van der Waals surface area contributed by atoms with Gasteiger partial charge in [-0.05, 0) is 23.8 Å². The fourth-order valence-electron chi connectivity index (χ4n) is 1.95. The molecular formula is C15H12ClN3O. The molecule has 0 aliphatic heterocycles. The fourth-order valence-corrected chi connectivity index (χ4v) is 2.09. The normalized spacial score (nSPS) is 11.3. The molecule has 0 aliphatic rings. The number of aromatic nitrogens is 3. The first-order valence-electron chi connectivity index (χ1n) is 6.10. The molecule has 2 heterocycles. The van der Waals surface area contributed by atoms with Crippen molar-refractivity contribution >= 4 is 29.4 Å². The zero-order valence-electron chi connectivity index (χ0n) is 10.8. The lowest BCUT2D eigenvalue weighted by atomic mass is 10.2. The minimum atomic E-state index is 0.395. The topological polar surface area (TPSA) is 39.4 Å². The van der Waals surface area contributed by atoms with Crippen LogP contribution in [0.5, 0.6) is 5.88 Å². The summed E-state index contributed by atoms with van der Waals surface area (Å²) in [6.45, 7) is 0. The summed E-state index contributed by atoms with van der Waals surface area (Å²) in [4.78, 5) is 4.47. The SMILES string of the molecule is COc1c(/C=C/c2ccccc2)nc2ccc(Cl)nn12. The second kappa shape index (κ2) is 5.35. The van der Waals surface area contributed by atoms with Crippen molar-refractivity contribution in [3.8, 4) is 5.88 Å².